The van der Waals surface area contributed by atoms with Gasteiger partial charge >= 0.3 is 0 Å². The van der Waals surface area contributed by atoms with E-state index >= 15 is 0 Å². The number of aryl methyl sites for hydroxylation is 1. The molecular formula is C15H29N5. The molecule has 0 bridgehead atoms. The predicted molar refractivity (Wildman–Crippen MR) is 81.4 cm³/mol. The predicted octanol–water partition coefficient (Wildman–Crippen LogP) is 1.90. The molecule has 1 N–H and O–H groups in total. The van der Waals surface area contributed by atoms with Gasteiger partial charge in [-0.15, -0.1) is 0 Å². The fraction of sp³-hybridized carbons (Fsp3) is 0.867. The lowest BCUT2D eigenvalue weighted by atomic mass is 9.98. The lowest BCUT2D eigenvalue weighted by Crippen LogP contribution is -2.56. The lowest BCUT2D eigenvalue weighted by Gasteiger charge is -2.40. The fourth-order valence-electron chi connectivity index (χ4n) is 3.03. The largest absolute Gasteiger partial charge is 0.311 e. The molecule has 0 aliphatic carbocycles. The van der Waals surface area contributed by atoms with E-state index in [-0.39, 0.29) is 0 Å². The maximum Gasteiger partial charge on any atom is 0.141 e. The maximum atomic E-state index is 4.44. The summed E-state index contributed by atoms with van der Waals surface area (Å²) in [4.78, 5) is 7.03. The highest BCUT2D eigenvalue weighted by molar-refractivity contribution is 4.91. The molecule has 1 aromatic rings. The van der Waals surface area contributed by atoms with Crippen molar-refractivity contribution in [3.05, 3.63) is 12.2 Å². The molecule has 0 aromatic carbocycles. The number of hydrogen-bond donors (Lipinski definition) is 1. The second kappa shape index (κ2) is 7.18. The summed E-state index contributed by atoms with van der Waals surface area (Å²) in [6.45, 7) is 13.0. The number of nitrogens with zero attached hydrogens (tertiary/aromatic N) is 4. The van der Waals surface area contributed by atoms with Gasteiger partial charge in [0.05, 0.1) is 6.54 Å². The van der Waals surface area contributed by atoms with Crippen molar-refractivity contribution >= 4 is 0 Å². The van der Waals surface area contributed by atoms with Crippen molar-refractivity contribution in [1.82, 2.24) is 25.0 Å². The third-order valence-electron chi connectivity index (χ3n) is 4.19. The monoisotopic (exact) mass is 279 g/mol. The van der Waals surface area contributed by atoms with Gasteiger partial charge in [-0.2, -0.15) is 5.10 Å². The van der Waals surface area contributed by atoms with Crippen LogP contribution in [0.3, 0.4) is 0 Å². The summed E-state index contributed by atoms with van der Waals surface area (Å²) in [5, 5.41) is 7.97. The van der Waals surface area contributed by atoms with E-state index in [2.05, 4.69) is 48.0 Å². The summed E-state index contributed by atoms with van der Waals surface area (Å²) >= 11 is 0. The third kappa shape index (κ3) is 3.79. The first-order chi connectivity index (χ1) is 9.63. The quantitative estimate of drug-likeness (QED) is 0.864. The molecule has 1 saturated heterocycles. The third-order valence-corrected chi connectivity index (χ3v) is 4.19. The molecule has 20 heavy (non-hydrogen) atoms. The Morgan fingerprint density at radius 1 is 1.40 bits per heavy atom. The average Bonchev–Trinajstić information content (AvgIpc) is 2.87. The molecule has 5 nitrogen and oxygen atoms in total. The zero-order valence-electron chi connectivity index (χ0n) is 13.3. The molecule has 0 amide bonds. The van der Waals surface area contributed by atoms with Crippen molar-refractivity contribution in [2.45, 2.75) is 65.7 Å². The van der Waals surface area contributed by atoms with Crippen LogP contribution < -0.4 is 5.32 Å². The first-order valence-electron chi connectivity index (χ1n) is 7.98. The highest BCUT2D eigenvalue weighted by atomic mass is 15.4. The normalized spacial score (nSPS) is 24.4. The summed E-state index contributed by atoms with van der Waals surface area (Å²) in [7, 11) is 0. The maximum absolute atomic E-state index is 4.44. The van der Waals surface area contributed by atoms with Crippen molar-refractivity contribution in [2.75, 3.05) is 13.1 Å². The smallest absolute Gasteiger partial charge is 0.141 e. The molecule has 0 spiro atoms. The van der Waals surface area contributed by atoms with Crippen molar-refractivity contribution in [3.63, 3.8) is 0 Å². The number of piperazine rings is 1. The molecule has 0 radical (unpaired) electrons. The Labute approximate surface area is 122 Å². The van der Waals surface area contributed by atoms with Gasteiger partial charge in [0.1, 0.15) is 12.2 Å². The average molecular weight is 279 g/mol. The molecule has 2 rings (SSSR count). The fourth-order valence-corrected chi connectivity index (χ4v) is 3.03. The molecule has 1 aliphatic rings. The summed E-state index contributed by atoms with van der Waals surface area (Å²) in [6.07, 6.45) is 4.10. The molecule has 1 fully saturated rings. The van der Waals surface area contributed by atoms with E-state index in [4.69, 9.17) is 0 Å². The van der Waals surface area contributed by atoms with Crippen LogP contribution in [0.5, 0.6) is 0 Å². The SMILES string of the molecule is CCC1CN(Cc2ncnn2CC)C(CC(C)C)CN1. The molecular weight excluding hydrogens is 250 g/mol. The molecule has 1 aromatic heterocycles. The second-order valence-corrected chi connectivity index (χ2v) is 6.22. The number of rotatable bonds is 6. The van der Waals surface area contributed by atoms with Crippen LogP contribution in [0.15, 0.2) is 6.33 Å². The number of aromatic nitrogens is 3. The van der Waals surface area contributed by atoms with E-state index in [1.807, 2.05) is 4.68 Å². The molecule has 0 saturated carbocycles. The Morgan fingerprint density at radius 3 is 2.85 bits per heavy atom. The minimum absolute atomic E-state index is 0.608. The molecule has 2 heterocycles. The van der Waals surface area contributed by atoms with Gasteiger partial charge < -0.3 is 5.32 Å². The van der Waals surface area contributed by atoms with E-state index in [1.54, 1.807) is 6.33 Å². The van der Waals surface area contributed by atoms with Gasteiger partial charge in [-0.05, 0) is 25.7 Å². The van der Waals surface area contributed by atoms with Crippen LogP contribution in [0.4, 0.5) is 0 Å². The van der Waals surface area contributed by atoms with E-state index in [9.17, 15) is 0 Å². The van der Waals surface area contributed by atoms with Gasteiger partial charge in [0, 0.05) is 31.7 Å². The van der Waals surface area contributed by atoms with Crippen LogP contribution in [0.25, 0.3) is 0 Å². The van der Waals surface area contributed by atoms with Crippen molar-refractivity contribution in [2.24, 2.45) is 5.92 Å². The van der Waals surface area contributed by atoms with Crippen LogP contribution in [0.2, 0.25) is 0 Å². The number of hydrogen-bond acceptors (Lipinski definition) is 4. The van der Waals surface area contributed by atoms with E-state index in [1.165, 1.54) is 12.8 Å². The molecule has 2 atom stereocenters. The summed E-state index contributed by atoms with van der Waals surface area (Å²) in [5.74, 6) is 1.82. The van der Waals surface area contributed by atoms with Crippen LogP contribution in [-0.2, 0) is 13.1 Å². The topological polar surface area (TPSA) is 46.0 Å². The van der Waals surface area contributed by atoms with Gasteiger partial charge in [0.25, 0.3) is 0 Å². The van der Waals surface area contributed by atoms with E-state index < -0.39 is 0 Å². The van der Waals surface area contributed by atoms with E-state index in [0.717, 1.165) is 37.9 Å². The van der Waals surface area contributed by atoms with Crippen molar-refractivity contribution < 1.29 is 0 Å². The summed E-state index contributed by atoms with van der Waals surface area (Å²) in [6, 6.07) is 1.22. The Morgan fingerprint density at radius 2 is 2.20 bits per heavy atom. The standard InChI is InChI=1S/C15H29N5/c1-5-13-9-19(14(8-16-13)7-12(3)4)10-15-17-11-18-20(15)6-2/h11-14,16H,5-10H2,1-4H3. The van der Waals surface area contributed by atoms with Gasteiger partial charge in [0.15, 0.2) is 0 Å². The molecule has 2 unspecified atom stereocenters. The van der Waals surface area contributed by atoms with Gasteiger partial charge in [0.2, 0.25) is 0 Å². The van der Waals surface area contributed by atoms with Gasteiger partial charge in [-0.25, -0.2) is 9.67 Å². The first kappa shape index (κ1) is 15.4. The molecule has 1 aliphatic heterocycles. The van der Waals surface area contributed by atoms with Gasteiger partial charge in [-0.3, -0.25) is 4.90 Å². The Balaban J connectivity index is 2.06. The minimum Gasteiger partial charge on any atom is -0.311 e. The Bertz CT molecular complexity index is 401. The van der Waals surface area contributed by atoms with Crippen molar-refractivity contribution in [1.29, 1.82) is 0 Å². The zero-order chi connectivity index (χ0) is 14.5. The Kier molecular flexibility index (Phi) is 5.54. The zero-order valence-corrected chi connectivity index (χ0v) is 13.3. The van der Waals surface area contributed by atoms with Gasteiger partial charge in [-0.1, -0.05) is 20.8 Å². The highest BCUT2D eigenvalue weighted by Crippen LogP contribution is 2.18. The summed E-state index contributed by atoms with van der Waals surface area (Å²) in [5.41, 5.74) is 0. The van der Waals surface area contributed by atoms with E-state index in [0.29, 0.717) is 12.1 Å². The number of nitrogens with one attached hydrogen (secondary N) is 1. The van der Waals surface area contributed by atoms with Crippen LogP contribution in [0, 0.1) is 5.92 Å². The lowest BCUT2D eigenvalue weighted by molar-refractivity contribution is 0.101. The van der Waals surface area contributed by atoms with Crippen molar-refractivity contribution in [3.8, 4) is 0 Å². The minimum atomic E-state index is 0.608. The van der Waals surface area contributed by atoms with Crippen LogP contribution >= 0.6 is 0 Å². The first-order valence-corrected chi connectivity index (χ1v) is 7.98. The molecule has 114 valence electrons. The highest BCUT2D eigenvalue weighted by Gasteiger charge is 2.28. The van der Waals surface area contributed by atoms with Crippen LogP contribution in [-0.4, -0.2) is 44.8 Å². The Hall–Kier alpha value is -0.940. The summed E-state index contributed by atoms with van der Waals surface area (Å²) < 4.78 is 2.01. The second-order valence-electron chi connectivity index (χ2n) is 6.22. The molecule has 5 heteroatoms. The van der Waals surface area contributed by atoms with Crippen LogP contribution in [0.1, 0.15) is 46.4 Å².